The molecule has 0 radical (unpaired) electrons. The lowest BCUT2D eigenvalue weighted by atomic mass is 10.0. The Morgan fingerprint density at radius 1 is 1.03 bits per heavy atom. The van der Waals surface area contributed by atoms with E-state index in [1.165, 1.54) is 12.1 Å². The van der Waals surface area contributed by atoms with E-state index in [0.717, 1.165) is 26.4 Å². The van der Waals surface area contributed by atoms with Gasteiger partial charge in [-0.05, 0) is 58.3 Å². The Labute approximate surface area is 193 Å². The number of allylic oxidation sites excluding steroid dienone is 1. The van der Waals surface area contributed by atoms with Crippen LogP contribution in [0.15, 0.2) is 89.4 Å². The summed E-state index contributed by atoms with van der Waals surface area (Å²) in [5.74, 6) is 0.635. The number of rotatable bonds is 6. The smallest absolute Gasteiger partial charge is 0.269 e. The van der Waals surface area contributed by atoms with E-state index in [0.29, 0.717) is 23.5 Å². The van der Waals surface area contributed by atoms with Crippen LogP contribution < -0.4 is 4.74 Å². The van der Waals surface area contributed by atoms with Crippen molar-refractivity contribution in [2.24, 2.45) is 0 Å². The zero-order valence-electron chi connectivity index (χ0n) is 16.9. The first kappa shape index (κ1) is 21.3. The van der Waals surface area contributed by atoms with Gasteiger partial charge in [-0.3, -0.25) is 10.1 Å². The summed E-state index contributed by atoms with van der Waals surface area (Å²) in [6.45, 7) is 0.378. The lowest BCUT2D eigenvalue weighted by Gasteiger charge is -2.12. The van der Waals surface area contributed by atoms with Gasteiger partial charge in [-0.2, -0.15) is 5.26 Å². The molecule has 5 nitrogen and oxygen atoms in total. The number of hydrogen-bond donors (Lipinski definition) is 0. The Morgan fingerprint density at radius 2 is 1.78 bits per heavy atom. The molecule has 0 amide bonds. The van der Waals surface area contributed by atoms with Crippen LogP contribution in [0, 0.1) is 21.4 Å². The van der Waals surface area contributed by atoms with Crippen LogP contribution >= 0.6 is 15.9 Å². The van der Waals surface area contributed by atoms with Gasteiger partial charge in [0.15, 0.2) is 0 Å². The summed E-state index contributed by atoms with van der Waals surface area (Å²) in [6.07, 6.45) is 1.73. The maximum atomic E-state index is 10.9. The van der Waals surface area contributed by atoms with Gasteiger partial charge in [0, 0.05) is 22.2 Å². The summed E-state index contributed by atoms with van der Waals surface area (Å²) < 4.78 is 7.00. The standard InChI is InChI=1S/C26H17BrN2O3/c27-23-10-13-26(32-17-20-6-3-5-19-4-1-2-7-25(19)20)21(15-23)14-22(16-28)18-8-11-24(12-9-18)29(30)31/h1-15H,17H2/b22-14-. The van der Waals surface area contributed by atoms with E-state index in [1.807, 2.05) is 42.5 Å². The molecule has 0 bridgehead atoms. The molecule has 0 saturated carbocycles. The number of ether oxygens (including phenoxy) is 1. The number of nitriles is 1. The van der Waals surface area contributed by atoms with Crippen molar-refractivity contribution in [3.05, 3.63) is 116 Å². The average molecular weight is 485 g/mol. The molecule has 0 fully saturated rings. The number of nitrogens with zero attached hydrogens (tertiary/aromatic N) is 2. The highest BCUT2D eigenvalue weighted by Gasteiger charge is 2.10. The third kappa shape index (κ3) is 4.69. The van der Waals surface area contributed by atoms with Crippen molar-refractivity contribution in [3.63, 3.8) is 0 Å². The predicted octanol–water partition coefficient (Wildman–Crippen LogP) is 7.15. The second-order valence-electron chi connectivity index (χ2n) is 7.08. The van der Waals surface area contributed by atoms with Crippen LogP contribution in [0.3, 0.4) is 0 Å². The molecule has 0 heterocycles. The van der Waals surface area contributed by atoms with E-state index in [-0.39, 0.29) is 5.69 Å². The average Bonchev–Trinajstić information content (AvgIpc) is 2.82. The van der Waals surface area contributed by atoms with Crippen molar-refractivity contribution in [3.8, 4) is 11.8 Å². The quantitative estimate of drug-likeness (QED) is 0.126. The largest absolute Gasteiger partial charge is 0.488 e. The minimum atomic E-state index is -0.465. The fraction of sp³-hybridized carbons (Fsp3) is 0.0385. The van der Waals surface area contributed by atoms with Crippen molar-refractivity contribution in [2.45, 2.75) is 6.61 Å². The van der Waals surface area contributed by atoms with Gasteiger partial charge in [-0.15, -0.1) is 0 Å². The first-order valence-corrected chi connectivity index (χ1v) is 10.6. The molecule has 4 rings (SSSR count). The van der Waals surface area contributed by atoms with Gasteiger partial charge in [0.05, 0.1) is 16.6 Å². The molecule has 0 aliphatic heterocycles. The van der Waals surface area contributed by atoms with Crippen molar-refractivity contribution in [1.29, 1.82) is 5.26 Å². The molecule has 32 heavy (non-hydrogen) atoms. The predicted molar refractivity (Wildman–Crippen MR) is 129 cm³/mol. The number of non-ortho nitro benzene ring substituents is 1. The van der Waals surface area contributed by atoms with Crippen molar-refractivity contribution in [1.82, 2.24) is 0 Å². The maximum Gasteiger partial charge on any atom is 0.269 e. The first-order chi connectivity index (χ1) is 15.5. The van der Waals surface area contributed by atoms with Crippen molar-refractivity contribution < 1.29 is 9.66 Å². The molecule has 0 saturated heterocycles. The van der Waals surface area contributed by atoms with Crippen LogP contribution in [0.25, 0.3) is 22.4 Å². The normalized spacial score (nSPS) is 11.2. The molecule has 4 aromatic rings. The number of halogens is 1. The maximum absolute atomic E-state index is 10.9. The van der Waals surface area contributed by atoms with Crippen molar-refractivity contribution >= 4 is 44.0 Å². The number of nitro benzene ring substituents is 1. The van der Waals surface area contributed by atoms with Crippen molar-refractivity contribution in [2.75, 3.05) is 0 Å². The molecule has 156 valence electrons. The van der Waals surface area contributed by atoms with Gasteiger partial charge in [-0.25, -0.2) is 0 Å². The molecule has 0 aliphatic carbocycles. The lowest BCUT2D eigenvalue weighted by molar-refractivity contribution is -0.384. The summed E-state index contributed by atoms with van der Waals surface area (Å²) in [5.41, 5.74) is 2.75. The molecule has 0 N–H and O–H groups in total. The van der Waals surface area contributed by atoms with E-state index in [2.05, 4.69) is 40.2 Å². The minimum Gasteiger partial charge on any atom is -0.488 e. The Bertz CT molecular complexity index is 1370. The third-order valence-electron chi connectivity index (χ3n) is 5.04. The number of fused-ring (bicyclic) bond motifs is 1. The molecule has 6 heteroatoms. The topological polar surface area (TPSA) is 76.2 Å². The Hall–Kier alpha value is -3.95. The van der Waals surface area contributed by atoms with E-state index in [9.17, 15) is 15.4 Å². The van der Waals surface area contributed by atoms with Gasteiger partial charge in [0.1, 0.15) is 12.4 Å². The highest BCUT2D eigenvalue weighted by atomic mass is 79.9. The van der Waals surface area contributed by atoms with Crippen LogP contribution in [0.5, 0.6) is 5.75 Å². The lowest BCUT2D eigenvalue weighted by Crippen LogP contribution is -1.98. The van der Waals surface area contributed by atoms with E-state index in [1.54, 1.807) is 18.2 Å². The summed E-state index contributed by atoms with van der Waals surface area (Å²) in [5, 5.41) is 22.9. The first-order valence-electron chi connectivity index (χ1n) is 9.81. The van der Waals surface area contributed by atoms with Crippen LogP contribution in [0.4, 0.5) is 5.69 Å². The van der Waals surface area contributed by atoms with Crippen LogP contribution in [0.2, 0.25) is 0 Å². The third-order valence-corrected chi connectivity index (χ3v) is 5.54. The van der Waals surface area contributed by atoms with E-state index >= 15 is 0 Å². The monoisotopic (exact) mass is 484 g/mol. The second-order valence-corrected chi connectivity index (χ2v) is 8.00. The molecule has 0 spiro atoms. The van der Waals surface area contributed by atoms with E-state index < -0.39 is 4.92 Å². The van der Waals surface area contributed by atoms with Crippen LogP contribution in [-0.2, 0) is 6.61 Å². The highest BCUT2D eigenvalue weighted by Crippen LogP contribution is 2.30. The zero-order chi connectivity index (χ0) is 22.5. The summed E-state index contributed by atoms with van der Waals surface area (Å²) in [7, 11) is 0. The Morgan fingerprint density at radius 3 is 2.53 bits per heavy atom. The minimum absolute atomic E-state index is 0.0207. The molecule has 0 atom stereocenters. The highest BCUT2D eigenvalue weighted by molar-refractivity contribution is 9.10. The summed E-state index contributed by atoms with van der Waals surface area (Å²) in [4.78, 5) is 10.4. The molecule has 0 unspecified atom stereocenters. The van der Waals surface area contributed by atoms with Gasteiger partial charge >= 0.3 is 0 Å². The molecule has 0 aliphatic rings. The molecule has 0 aromatic heterocycles. The Balaban J connectivity index is 1.65. The van der Waals surface area contributed by atoms with Crippen LogP contribution in [-0.4, -0.2) is 4.92 Å². The molecular formula is C26H17BrN2O3. The van der Waals surface area contributed by atoms with Gasteiger partial charge in [0.2, 0.25) is 0 Å². The summed E-state index contributed by atoms with van der Waals surface area (Å²) >= 11 is 3.48. The molecular weight excluding hydrogens is 468 g/mol. The van der Waals surface area contributed by atoms with Crippen LogP contribution in [0.1, 0.15) is 16.7 Å². The number of nitro groups is 1. The fourth-order valence-electron chi connectivity index (χ4n) is 3.44. The zero-order valence-corrected chi connectivity index (χ0v) is 18.5. The molecule has 4 aromatic carbocycles. The van der Waals surface area contributed by atoms with Gasteiger partial charge < -0.3 is 4.74 Å². The summed E-state index contributed by atoms with van der Waals surface area (Å²) in [6, 6.07) is 28.0. The number of benzene rings is 4. The van der Waals surface area contributed by atoms with E-state index in [4.69, 9.17) is 4.74 Å². The second kappa shape index (κ2) is 9.46. The van der Waals surface area contributed by atoms with Gasteiger partial charge in [-0.1, -0.05) is 58.4 Å². The number of hydrogen-bond acceptors (Lipinski definition) is 4. The van der Waals surface area contributed by atoms with Gasteiger partial charge in [0.25, 0.3) is 5.69 Å². The fourth-order valence-corrected chi connectivity index (χ4v) is 3.81. The SMILES string of the molecule is N#C/C(=C/c1cc(Br)ccc1OCc1cccc2ccccc12)c1ccc([N+](=O)[O-])cc1. The Kier molecular flexibility index (Phi) is 6.29.